The zero-order chi connectivity index (χ0) is 17.3. The molecule has 0 spiro atoms. The summed E-state index contributed by atoms with van der Waals surface area (Å²) in [6.45, 7) is 1.91. The molecule has 3 rings (SSSR count). The van der Waals surface area contributed by atoms with E-state index in [2.05, 4.69) is 4.98 Å². The zero-order valence-electron chi connectivity index (χ0n) is 13.1. The van der Waals surface area contributed by atoms with Gasteiger partial charge in [-0.15, -0.1) is 0 Å². The number of non-ortho nitro benzene ring substituents is 1. The number of nitro groups is 1. The Morgan fingerprint density at radius 1 is 1.42 bits per heavy atom. The van der Waals surface area contributed by atoms with Gasteiger partial charge in [0, 0.05) is 36.5 Å². The van der Waals surface area contributed by atoms with Gasteiger partial charge < -0.3 is 4.90 Å². The van der Waals surface area contributed by atoms with Crippen molar-refractivity contribution in [1.29, 1.82) is 0 Å². The fourth-order valence-electron chi connectivity index (χ4n) is 3.08. The normalized spacial score (nSPS) is 16.1. The molecule has 1 aromatic heterocycles. The number of nitrogens with zero attached hydrogens (tertiary/aromatic N) is 3. The molecule has 0 saturated carbocycles. The van der Waals surface area contributed by atoms with Crippen molar-refractivity contribution < 1.29 is 14.1 Å². The Labute approximate surface area is 138 Å². The van der Waals surface area contributed by atoms with Gasteiger partial charge in [-0.05, 0) is 43.0 Å². The first-order valence-corrected chi connectivity index (χ1v) is 7.64. The molecule has 0 aliphatic carbocycles. The highest BCUT2D eigenvalue weighted by Crippen LogP contribution is 2.35. The van der Waals surface area contributed by atoms with Crippen LogP contribution >= 0.6 is 0 Å². The number of anilines is 1. The van der Waals surface area contributed by atoms with Crippen LogP contribution in [0.2, 0.25) is 0 Å². The lowest BCUT2D eigenvalue weighted by Gasteiger charge is -2.22. The van der Waals surface area contributed by atoms with Crippen LogP contribution in [0.15, 0.2) is 36.7 Å². The standard InChI is InChI=1S/C17H16FN3O3/c1-11-6-13-8-15(21(23)24)3-4-16(13)20(11)17(22)5-2-12-7-14(18)10-19-9-12/h3-4,7-11H,2,5-6H2,1H3/t11-/m1/s1. The third-order valence-corrected chi connectivity index (χ3v) is 4.15. The monoisotopic (exact) mass is 329 g/mol. The second-order valence-electron chi connectivity index (χ2n) is 5.90. The maximum absolute atomic E-state index is 13.1. The topological polar surface area (TPSA) is 76.3 Å². The molecule has 1 amide bonds. The second kappa shape index (κ2) is 6.35. The summed E-state index contributed by atoms with van der Waals surface area (Å²) in [6.07, 6.45) is 3.88. The van der Waals surface area contributed by atoms with E-state index < -0.39 is 10.7 Å². The predicted molar refractivity (Wildman–Crippen MR) is 86.3 cm³/mol. The molecule has 0 unspecified atom stereocenters. The molecule has 2 aromatic rings. The van der Waals surface area contributed by atoms with Crippen molar-refractivity contribution in [1.82, 2.24) is 4.98 Å². The van der Waals surface area contributed by atoms with Crippen LogP contribution < -0.4 is 4.90 Å². The first kappa shape index (κ1) is 16.0. The molecular weight excluding hydrogens is 313 g/mol. The lowest BCUT2D eigenvalue weighted by molar-refractivity contribution is -0.384. The molecule has 0 fully saturated rings. The highest BCUT2D eigenvalue weighted by molar-refractivity contribution is 5.96. The summed E-state index contributed by atoms with van der Waals surface area (Å²) < 4.78 is 13.1. The fourth-order valence-corrected chi connectivity index (χ4v) is 3.08. The summed E-state index contributed by atoms with van der Waals surface area (Å²) in [5.41, 5.74) is 2.22. The van der Waals surface area contributed by atoms with Crippen LogP contribution in [0.3, 0.4) is 0 Å². The van der Waals surface area contributed by atoms with Gasteiger partial charge in [-0.1, -0.05) is 0 Å². The maximum atomic E-state index is 13.1. The van der Waals surface area contributed by atoms with Crippen LogP contribution in [0.4, 0.5) is 15.8 Å². The molecule has 7 heteroatoms. The van der Waals surface area contributed by atoms with Gasteiger partial charge in [0.1, 0.15) is 5.82 Å². The molecule has 2 heterocycles. The van der Waals surface area contributed by atoms with Gasteiger partial charge in [0.15, 0.2) is 0 Å². The summed E-state index contributed by atoms with van der Waals surface area (Å²) in [7, 11) is 0. The van der Waals surface area contributed by atoms with Gasteiger partial charge in [0.05, 0.1) is 11.1 Å². The van der Waals surface area contributed by atoms with Crippen LogP contribution in [0.5, 0.6) is 0 Å². The van der Waals surface area contributed by atoms with Gasteiger partial charge in [-0.25, -0.2) is 4.39 Å². The van der Waals surface area contributed by atoms with E-state index >= 15 is 0 Å². The average Bonchev–Trinajstić information content (AvgIpc) is 2.87. The summed E-state index contributed by atoms with van der Waals surface area (Å²) in [5, 5.41) is 10.9. The number of amides is 1. The van der Waals surface area contributed by atoms with E-state index in [0.29, 0.717) is 18.4 Å². The van der Waals surface area contributed by atoms with Crippen molar-refractivity contribution in [3.8, 4) is 0 Å². The van der Waals surface area contributed by atoms with Crippen molar-refractivity contribution in [2.24, 2.45) is 0 Å². The highest BCUT2D eigenvalue weighted by Gasteiger charge is 2.31. The number of pyridine rings is 1. The zero-order valence-corrected chi connectivity index (χ0v) is 13.1. The minimum atomic E-state index is -0.438. The number of carbonyl (C=O) groups is 1. The van der Waals surface area contributed by atoms with Crippen molar-refractivity contribution in [2.45, 2.75) is 32.2 Å². The second-order valence-corrected chi connectivity index (χ2v) is 5.90. The number of fused-ring (bicyclic) bond motifs is 1. The number of hydrogen-bond acceptors (Lipinski definition) is 4. The van der Waals surface area contributed by atoms with Crippen LogP contribution in [-0.2, 0) is 17.6 Å². The molecule has 0 N–H and O–H groups in total. The molecule has 0 bridgehead atoms. The predicted octanol–water partition coefficient (Wildman–Crippen LogP) is 3.04. The molecule has 124 valence electrons. The summed E-state index contributed by atoms with van der Waals surface area (Å²) in [6, 6.07) is 5.87. The number of hydrogen-bond donors (Lipinski definition) is 0. The lowest BCUT2D eigenvalue weighted by atomic mass is 10.1. The van der Waals surface area contributed by atoms with Gasteiger partial charge in [-0.3, -0.25) is 19.9 Å². The Balaban J connectivity index is 1.75. The van der Waals surface area contributed by atoms with Crippen LogP contribution in [0.25, 0.3) is 0 Å². The van der Waals surface area contributed by atoms with Crippen LogP contribution in [-0.4, -0.2) is 21.9 Å². The summed E-state index contributed by atoms with van der Waals surface area (Å²) >= 11 is 0. The van der Waals surface area contributed by atoms with Gasteiger partial charge >= 0.3 is 0 Å². The SMILES string of the molecule is C[C@@H]1Cc2cc([N+](=O)[O-])ccc2N1C(=O)CCc1cncc(F)c1. The molecule has 1 aromatic carbocycles. The molecule has 0 radical (unpaired) electrons. The van der Waals surface area contributed by atoms with Crippen LogP contribution in [0.1, 0.15) is 24.5 Å². The van der Waals surface area contributed by atoms with Crippen molar-refractivity contribution >= 4 is 17.3 Å². The number of benzene rings is 1. The third-order valence-electron chi connectivity index (χ3n) is 4.15. The lowest BCUT2D eigenvalue weighted by Crippen LogP contribution is -2.35. The minimum Gasteiger partial charge on any atom is -0.309 e. The van der Waals surface area contributed by atoms with Crippen LogP contribution in [0, 0.1) is 15.9 Å². The minimum absolute atomic E-state index is 0.0288. The first-order chi connectivity index (χ1) is 11.5. The van der Waals surface area contributed by atoms with Gasteiger partial charge in [0.25, 0.3) is 5.69 Å². The van der Waals surface area contributed by atoms with E-state index in [-0.39, 0.29) is 24.1 Å². The van der Waals surface area contributed by atoms with E-state index in [4.69, 9.17) is 0 Å². The molecule has 0 saturated heterocycles. The summed E-state index contributed by atoms with van der Waals surface area (Å²) in [5.74, 6) is -0.508. The largest absolute Gasteiger partial charge is 0.309 e. The summed E-state index contributed by atoms with van der Waals surface area (Å²) in [4.78, 5) is 28.5. The Morgan fingerprint density at radius 3 is 2.92 bits per heavy atom. The first-order valence-electron chi connectivity index (χ1n) is 7.64. The average molecular weight is 329 g/mol. The molecule has 1 aliphatic heterocycles. The molecular formula is C17H16FN3O3. The van der Waals surface area contributed by atoms with Crippen molar-refractivity contribution in [3.05, 3.63) is 63.7 Å². The van der Waals surface area contributed by atoms with Gasteiger partial charge in [-0.2, -0.15) is 0 Å². The number of nitro benzene ring substituents is 1. The number of halogens is 1. The quantitative estimate of drug-likeness (QED) is 0.638. The van der Waals surface area contributed by atoms with E-state index in [1.54, 1.807) is 17.2 Å². The molecule has 24 heavy (non-hydrogen) atoms. The molecule has 1 atom stereocenters. The Morgan fingerprint density at radius 2 is 2.21 bits per heavy atom. The van der Waals surface area contributed by atoms with Crippen molar-refractivity contribution in [3.63, 3.8) is 0 Å². The van der Waals surface area contributed by atoms with Crippen molar-refractivity contribution in [2.75, 3.05) is 4.90 Å². The van der Waals surface area contributed by atoms with E-state index in [1.165, 1.54) is 18.2 Å². The molecule has 1 aliphatic rings. The Hall–Kier alpha value is -2.83. The fraction of sp³-hybridized carbons (Fsp3) is 0.294. The smallest absolute Gasteiger partial charge is 0.269 e. The van der Waals surface area contributed by atoms with E-state index in [0.717, 1.165) is 17.4 Å². The van der Waals surface area contributed by atoms with Gasteiger partial charge in [0.2, 0.25) is 5.91 Å². The third kappa shape index (κ3) is 3.10. The number of carbonyl (C=O) groups excluding carboxylic acids is 1. The Bertz CT molecular complexity index is 809. The maximum Gasteiger partial charge on any atom is 0.269 e. The Kier molecular flexibility index (Phi) is 4.24. The number of rotatable bonds is 4. The highest BCUT2D eigenvalue weighted by atomic mass is 19.1. The van der Waals surface area contributed by atoms with E-state index in [1.807, 2.05) is 6.92 Å². The van der Waals surface area contributed by atoms with E-state index in [9.17, 15) is 19.3 Å². The molecule has 6 nitrogen and oxygen atoms in total. The number of aromatic nitrogens is 1. The number of aryl methyl sites for hydroxylation is 1.